The van der Waals surface area contributed by atoms with Gasteiger partial charge in [0.1, 0.15) is 11.9 Å². The van der Waals surface area contributed by atoms with Crippen LogP contribution in [0.4, 0.5) is 10.5 Å². The number of benzene rings is 2. The molecule has 0 radical (unpaired) electrons. The van der Waals surface area contributed by atoms with E-state index in [0.29, 0.717) is 11.3 Å². The van der Waals surface area contributed by atoms with Crippen LogP contribution in [0.15, 0.2) is 48.5 Å². The number of aldehydes is 1. The molecule has 0 aliphatic rings. The van der Waals surface area contributed by atoms with Gasteiger partial charge in [-0.2, -0.15) is 0 Å². The summed E-state index contributed by atoms with van der Waals surface area (Å²) in [5, 5.41) is 2.74. The Balaban J connectivity index is 2.04. The molecule has 0 bridgehead atoms. The molecule has 0 aliphatic carbocycles. The molecule has 0 saturated carbocycles. The van der Waals surface area contributed by atoms with Gasteiger partial charge < -0.3 is 4.74 Å². The summed E-state index contributed by atoms with van der Waals surface area (Å²) in [6, 6.07) is 15.1. The van der Waals surface area contributed by atoms with E-state index in [2.05, 4.69) is 5.32 Å². The van der Waals surface area contributed by atoms with Crippen LogP contribution in [0.25, 0.3) is 0 Å². The van der Waals surface area contributed by atoms with Crippen molar-refractivity contribution in [1.29, 1.82) is 0 Å². The Morgan fingerprint density at radius 3 is 2.39 bits per heavy atom. The maximum atomic E-state index is 11.8. The average Bonchev–Trinajstić information content (AvgIpc) is 2.46. The van der Waals surface area contributed by atoms with Crippen LogP contribution in [-0.4, -0.2) is 18.0 Å². The SMILES string of the molecule is CC(C)(C)OC(=O)Nc1cccc(Cc2ccc(C=O)cc2)c1. The minimum atomic E-state index is -0.526. The number of amides is 1. The summed E-state index contributed by atoms with van der Waals surface area (Å²) in [5.74, 6) is 0. The molecule has 2 aromatic carbocycles. The summed E-state index contributed by atoms with van der Waals surface area (Å²) in [7, 11) is 0. The molecule has 0 heterocycles. The van der Waals surface area contributed by atoms with Gasteiger partial charge in [0.15, 0.2) is 0 Å². The van der Waals surface area contributed by atoms with E-state index < -0.39 is 11.7 Å². The molecule has 0 atom stereocenters. The normalized spacial score (nSPS) is 10.9. The third kappa shape index (κ3) is 5.58. The van der Waals surface area contributed by atoms with Crippen LogP contribution in [0.5, 0.6) is 0 Å². The highest BCUT2D eigenvalue weighted by molar-refractivity contribution is 5.85. The molecule has 0 spiro atoms. The van der Waals surface area contributed by atoms with Crippen molar-refractivity contribution in [3.05, 3.63) is 65.2 Å². The van der Waals surface area contributed by atoms with Gasteiger partial charge in [0.2, 0.25) is 0 Å². The minimum absolute atomic E-state index is 0.468. The third-order valence-corrected chi connectivity index (χ3v) is 3.10. The highest BCUT2D eigenvalue weighted by Crippen LogP contribution is 2.16. The Morgan fingerprint density at radius 2 is 1.78 bits per heavy atom. The second-order valence-corrected chi connectivity index (χ2v) is 6.36. The van der Waals surface area contributed by atoms with Gasteiger partial charge in [-0.25, -0.2) is 4.79 Å². The van der Waals surface area contributed by atoms with Crippen molar-refractivity contribution in [2.24, 2.45) is 0 Å². The number of rotatable bonds is 4. The number of hydrogen-bond acceptors (Lipinski definition) is 3. The number of nitrogens with one attached hydrogen (secondary N) is 1. The number of ether oxygens (including phenoxy) is 1. The van der Waals surface area contributed by atoms with E-state index in [4.69, 9.17) is 4.74 Å². The molecule has 0 aromatic heterocycles. The van der Waals surface area contributed by atoms with Gasteiger partial charge in [-0.3, -0.25) is 10.1 Å². The van der Waals surface area contributed by atoms with Gasteiger partial charge in [0, 0.05) is 11.3 Å². The van der Waals surface area contributed by atoms with Crippen LogP contribution < -0.4 is 5.32 Å². The van der Waals surface area contributed by atoms with Crippen molar-refractivity contribution in [3.8, 4) is 0 Å². The van der Waals surface area contributed by atoms with Crippen LogP contribution >= 0.6 is 0 Å². The summed E-state index contributed by atoms with van der Waals surface area (Å²) in [6.45, 7) is 5.48. The quantitative estimate of drug-likeness (QED) is 0.849. The van der Waals surface area contributed by atoms with Crippen molar-refractivity contribution in [1.82, 2.24) is 0 Å². The molecule has 120 valence electrons. The highest BCUT2D eigenvalue weighted by Gasteiger charge is 2.16. The lowest BCUT2D eigenvalue weighted by Gasteiger charge is -2.19. The van der Waals surface area contributed by atoms with Crippen molar-refractivity contribution >= 4 is 18.1 Å². The lowest BCUT2D eigenvalue weighted by atomic mass is 10.0. The molecule has 1 N–H and O–H groups in total. The molecular formula is C19H21NO3. The number of anilines is 1. The van der Waals surface area contributed by atoms with Gasteiger partial charge in [0.05, 0.1) is 0 Å². The van der Waals surface area contributed by atoms with E-state index in [1.54, 1.807) is 12.1 Å². The van der Waals surface area contributed by atoms with E-state index in [1.807, 2.05) is 57.2 Å². The molecular weight excluding hydrogens is 290 g/mol. The van der Waals surface area contributed by atoms with Gasteiger partial charge in [-0.05, 0) is 50.5 Å². The van der Waals surface area contributed by atoms with Crippen LogP contribution in [0.2, 0.25) is 0 Å². The Morgan fingerprint density at radius 1 is 1.09 bits per heavy atom. The predicted molar refractivity (Wildman–Crippen MR) is 90.9 cm³/mol. The van der Waals surface area contributed by atoms with Crippen molar-refractivity contribution in [3.63, 3.8) is 0 Å². The fourth-order valence-electron chi connectivity index (χ4n) is 2.13. The summed E-state index contributed by atoms with van der Waals surface area (Å²) in [4.78, 5) is 22.5. The molecule has 0 aliphatic heterocycles. The van der Waals surface area contributed by atoms with Gasteiger partial charge >= 0.3 is 6.09 Å². The Kier molecular flexibility index (Phi) is 5.16. The Hall–Kier alpha value is -2.62. The van der Waals surface area contributed by atoms with E-state index in [0.717, 1.165) is 23.8 Å². The second kappa shape index (κ2) is 7.09. The predicted octanol–water partition coefficient (Wildman–Crippen LogP) is 4.44. The first-order valence-corrected chi connectivity index (χ1v) is 7.49. The van der Waals surface area contributed by atoms with E-state index in [1.165, 1.54) is 0 Å². The molecule has 0 fully saturated rings. The fourth-order valence-corrected chi connectivity index (χ4v) is 2.13. The first-order chi connectivity index (χ1) is 10.9. The smallest absolute Gasteiger partial charge is 0.412 e. The third-order valence-electron chi connectivity index (χ3n) is 3.10. The lowest BCUT2D eigenvalue weighted by molar-refractivity contribution is 0.0636. The molecule has 4 nitrogen and oxygen atoms in total. The van der Waals surface area contributed by atoms with Crippen molar-refractivity contribution in [2.75, 3.05) is 5.32 Å². The number of carbonyl (C=O) groups is 2. The first-order valence-electron chi connectivity index (χ1n) is 7.49. The van der Waals surface area contributed by atoms with Gasteiger partial charge in [-0.15, -0.1) is 0 Å². The zero-order valence-corrected chi connectivity index (χ0v) is 13.6. The maximum Gasteiger partial charge on any atom is 0.412 e. The topological polar surface area (TPSA) is 55.4 Å². The zero-order chi connectivity index (χ0) is 16.9. The molecule has 23 heavy (non-hydrogen) atoms. The van der Waals surface area contributed by atoms with Crippen LogP contribution in [-0.2, 0) is 11.2 Å². The summed E-state index contributed by atoms with van der Waals surface area (Å²) < 4.78 is 5.24. The summed E-state index contributed by atoms with van der Waals surface area (Å²) in [5.41, 5.74) is 3.00. The Bertz CT molecular complexity index is 685. The van der Waals surface area contributed by atoms with Crippen LogP contribution in [0, 0.1) is 0 Å². The van der Waals surface area contributed by atoms with Crippen LogP contribution in [0.1, 0.15) is 42.3 Å². The molecule has 4 heteroatoms. The van der Waals surface area contributed by atoms with Crippen molar-refractivity contribution < 1.29 is 14.3 Å². The standard InChI is InChI=1S/C19H21NO3/c1-19(2,3)23-18(22)20-17-6-4-5-16(12-17)11-14-7-9-15(13-21)10-8-14/h4-10,12-13H,11H2,1-3H3,(H,20,22). The number of carbonyl (C=O) groups excluding carboxylic acids is 2. The van der Waals surface area contributed by atoms with Crippen molar-refractivity contribution in [2.45, 2.75) is 32.8 Å². The molecule has 0 unspecified atom stereocenters. The van der Waals surface area contributed by atoms with E-state index in [-0.39, 0.29) is 0 Å². The summed E-state index contributed by atoms with van der Waals surface area (Å²) >= 11 is 0. The monoisotopic (exact) mass is 311 g/mol. The minimum Gasteiger partial charge on any atom is -0.444 e. The second-order valence-electron chi connectivity index (χ2n) is 6.36. The average molecular weight is 311 g/mol. The van der Waals surface area contributed by atoms with Crippen LogP contribution in [0.3, 0.4) is 0 Å². The van der Waals surface area contributed by atoms with E-state index in [9.17, 15) is 9.59 Å². The molecule has 2 rings (SSSR count). The zero-order valence-electron chi connectivity index (χ0n) is 13.6. The largest absolute Gasteiger partial charge is 0.444 e. The summed E-state index contributed by atoms with van der Waals surface area (Å²) in [6.07, 6.45) is 1.09. The molecule has 2 aromatic rings. The Labute approximate surface area is 136 Å². The lowest BCUT2D eigenvalue weighted by Crippen LogP contribution is -2.27. The van der Waals surface area contributed by atoms with E-state index >= 15 is 0 Å². The number of hydrogen-bond donors (Lipinski definition) is 1. The first kappa shape index (κ1) is 16.7. The highest BCUT2D eigenvalue weighted by atomic mass is 16.6. The molecule has 1 amide bonds. The molecule has 0 saturated heterocycles. The van der Waals surface area contributed by atoms with Gasteiger partial charge in [-0.1, -0.05) is 36.4 Å². The van der Waals surface area contributed by atoms with Gasteiger partial charge in [0.25, 0.3) is 0 Å². The maximum absolute atomic E-state index is 11.8. The fraction of sp³-hybridized carbons (Fsp3) is 0.263.